The first-order valence-corrected chi connectivity index (χ1v) is 7.85. The fourth-order valence-electron chi connectivity index (χ4n) is 2.86. The number of anilines is 1. The second-order valence-electron chi connectivity index (χ2n) is 5.24. The van der Waals surface area contributed by atoms with E-state index in [2.05, 4.69) is 15.9 Å². The second-order valence-corrected chi connectivity index (χ2v) is 6.16. The van der Waals surface area contributed by atoms with E-state index in [1.165, 1.54) is 0 Å². The van der Waals surface area contributed by atoms with Crippen molar-refractivity contribution in [2.75, 3.05) is 11.4 Å². The smallest absolute Gasteiger partial charge is 0.234 e. The van der Waals surface area contributed by atoms with Crippen LogP contribution in [-0.4, -0.2) is 12.5 Å². The summed E-state index contributed by atoms with van der Waals surface area (Å²) >= 11 is 3.49. The van der Waals surface area contributed by atoms with Crippen molar-refractivity contribution < 1.29 is 4.79 Å². The van der Waals surface area contributed by atoms with E-state index < -0.39 is 0 Å². The number of halogens is 1. The number of hydrogen-bond donors (Lipinski definition) is 1. The van der Waals surface area contributed by atoms with Crippen LogP contribution in [0.1, 0.15) is 23.5 Å². The Balaban J connectivity index is 1.97. The van der Waals surface area contributed by atoms with Gasteiger partial charge in [-0.3, -0.25) is 4.79 Å². The van der Waals surface area contributed by atoms with Gasteiger partial charge in [0.2, 0.25) is 5.91 Å². The minimum atomic E-state index is -0.119. The van der Waals surface area contributed by atoms with Crippen LogP contribution in [0.5, 0.6) is 0 Å². The molecule has 2 aromatic carbocycles. The van der Waals surface area contributed by atoms with Crippen LogP contribution >= 0.6 is 15.9 Å². The zero-order valence-electron chi connectivity index (χ0n) is 11.6. The molecule has 0 unspecified atom stereocenters. The Hall–Kier alpha value is -1.65. The van der Waals surface area contributed by atoms with Crippen LogP contribution in [0.15, 0.2) is 53.0 Å². The summed E-state index contributed by atoms with van der Waals surface area (Å²) in [5.74, 6) is 0.0311. The van der Waals surface area contributed by atoms with Gasteiger partial charge in [0.1, 0.15) is 0 Å². The summed E-state index contributed by atoms with van der Waals surface area (Å²) in [7, 11) is 0. The van der Waals surface area contributed by atoms with E-state index in [9.17, 15) is 4.79 Å². The van der Waals surface area contributed by atoms with Crippen LogP contribution in [0.25, 0.3) is 0 Å². The van der Waals surface area contributed by atoms with Crippen molar-refractivity contribution in [2.24, 2.45) is 5.73 Å². The molecule has 0 fully saturated rings. The molecule has 0 aromatic heterocycles. The van der Waals surface area contributed by atoms with E-state index in [-0.39, 0.29) is 11.8 Å². The lowest BCUT2D eigenvalue weighted by Crippen LogP contribution is -2.29. The number of nitrogens with two attached hydrogens (primary N) is 1. The molecule has 0 saturated carbocycles. The van der Waals surface area contributed by atoms with Gasteiger partial charge in [-0.15, -0.1) is 0 Å². The standard InChI is InChI=1S/C17H17BrN2O/c18-13-6-7-16-15(10-13)14(8-9-19)17(21)20(16)11-12-4-2-1-3-5-12/h1-7,10,14H,8-9,11,19H2/t14-/m0/s1. The molecule has 1 atom stereocenters. The summed E-state index contributed by atoms with van der Waals surface area (Å²) in [4.78, 5) is 14.6. The highest BCUT2D eigenvalue weighted by Gasteiger charge is 2.36. The third-order valence-corrected chi connectivity index (χ3v) is 4.35. The first-order valence-electron chi connectivity index (χ1n) is 7.05. The van der Waals surface area contributed by atoms with Crippen molar-refractivity contribution >= 4 is 27.5 Å². The average Bonchev–Trinajstić information content (AvgIpc) is 2.74. The lowest BCUT2D eigenvalue weighted by molar-refractivity contribution is -0.119. The maximum atomic E-state index is 12.7. The predicted molar refractivity (Wildman–Crippen MR) is 88.2 cm³/mol. The van der Waals surface area contributed by atoms with Crippen molar-refractivity contribution in [3.05, 3.63) is 64.1 Å². The molecule has 2 aromatic rings. The molecule has 1 aliphatic heterocycles. The molecule has 2 N–H and O–H groups in total. The highest BCUT2D eigenvalue weighted by Crippen LogP contribution is 2.41. The summed E-state index contributed by atoms with van der Waals surface area (Å²) in [5, 5.41) is 0. The second kappa shape index (κ2) is 6.00. The average molecular weight is 345 g/mol. The largest absolute Gasteiger partial charge is 0.330 e. The molecule has 3 nitrogen and oxygen atoms in total. The molecular formula is C17H17BrN2O. The maximum absolute atomic E-state index is 12.7. The maximum Gasteiger partial charge on any atom is 0.234 e. The van der Waals surface area contributed by atoms with E-state index in [4.69, 9.17) is 5.73 Å². The van der Waals surface area contributed by atoms with Crippen molar-refractivity contribution in [2.45, 2.75) is 18.9 Å². The van der Waals surface area contributed by atoms with Gasteiger partial charge in [0.05, 0.1) is 12.5 Å². The van der Waals surface area contributed by atoms with Crippen LogP contribution < -0.4 is 10.6 Å². The molecule has 4 heteroatoms. The molecule has 21 heavy (non-hydrogen) atoms. The van der Waals surface area contributed by atoms with Crippen LogP contribution in [-0.2, 0) is 11.3 Å². The Morgan fingerprint density at radius 1 is 1.14 bits per heavy atom. The van der Waals surface area contributed by atoms with E-state index in [1.54, 1.807) is 0 Å². The van der Waals surface area contributed by atoms with Gasteiger partial charge in [0, 0.05) is 10.2 Å². The number of rotatable bonds is 4. The van der Waals surface area contributed by atoms with Gasteiger partial charge in [-0.05, 0) is 42.3 Å². The van der Waals surface area contributed by atoms with Crippen LogP contribution in [0.2, 0.25) is 0 Å². The Kier molecular flexibility index (Phi) is 4.08. The minimum Gasteiger partial charge on any atom is -0.330 e. The van der Waals surface area contributed by atoms with E-state index in [0.717, 1.165) is 21.3 Å². The number of nitrogens with zero attached hydrogens (tertiary/aromatic N) is 1. The molecule has 3 rings (SSSR count). The summed E-state index contributed by atoms with van der Waals surface area (Å²) in [6.07, 6.45) is 0.688. The SMILES string of the molecule is NCC[C@@H]1C(=O)N(Cc2ccccc2)c2ccc(Br)cc21. The first-order chi connectivity index (χ1) is 10.2. The zero-order chi connectivity index (χ0) is 14.8. The Bertz CT molecular complexity index is 657. The summed E-state index contributed by atoms with van der Waals surface area (Å²) in [5.41, 5.74) is 8.90. The van der Waals surface area contributed by atoms with Crippen LogP contribution in [0, 0.1) is 0 Å². The summed E-state index contributed by atoms with van der Waals surface area (Å²) < 4.78 is 0.998. The Morgan fingerprint density at radius 3 is 2.62 bits per heavy atom. The molecule has 0 saturated heterocycles. The fourth-order valence-corrected chi connectivity index (χ4v) is 3.24. The first kappa shape index (κ1) is 14.3. The monoisotopic (exact) mass is 344 g/mol. The molecule has 0 radical (unpaired) electrons. The van der Waals surface area contributed by atoms with Crippen molar-refractivity contribution in [3.63, 3.8) is 0 Å². The topological polar surface area (TPSA) is 46.3 Å². The fraction of sp³-hybridized carbons (Fsp3) is 0.235. The molecule has 0 bridgehead atoms. The molecule has 1 aliphatic rings. The van der Waals surface area contributed by atoms with E-state index in [0.29, 0.717) is 19.5 Å². The van der Waals surface area contributed by atoms with Crippen molar-refractivity contribution in [1.29, 1.82) is 0 Å². The van der Waals surface area contributed by atoms with Gasteiger partial charge in [0.25, 0.3) is 0 Å². The van der Waals surface area contributed by atoms with Crippen LogP contribution in [0.3, 0.4) is 0 Å². The van der Waals surface area contributed by atoms with Gasteiger partial charge in [0.15, 0.2) is 0 Å². The van der Waals surface area contributed by atoms with Gasteiger partial charge >= 0.3 is 0 Å². The van der Waals surface area contributed by atoms with Crippen molar-refractivity contribution in [3.8, 4) is 0 Å². The number of carbonyl (C=O) groups is 1. The molecule has 1 heterocycles. The number of carbonyl (C=O) groups excluding carboxylic acids is 1. The molecule has 1 amide bonds. The number of benzene rings is 2. The van der Waals surface area contributed by atoms with Gasteiger partial charge in [-0.1, -0.05) is 46.3 Å². The summed E-state index contributed by atoms with van der Waals surface area (Å²) in [6, 6.07) is 16.1. The highest BCUT2D eigenvalue weighted by molar-refractivity contribution is 9.10. The van der Waals surface area contributed by atoms with Gasteiger partial charge in [-0.25, -0.2) is 0 Å². The number of hydrogen-bond acceptors (Lipinski definition) is 2. The third-order valence-electron chi connectivity index (χ3n) is 3.86. The quantitative estimate of drug-likeness (QED) is 0.923. The lowest BCUT2D eigenvalue weighted by Gasteiger charge is -2.18. The Morgan fingerprint density at radius 2 is 1.90 bits per heavy atom. The number of fused-ring (bicyclic) bond motifs is 1. The normalized spacial score (nSPS) is 17.1. The van der Waals surface area contributed by atoms with Crippen LogP contribution in [0.4, 0.5) is 5.69 Å². The van der Waals surface area contributed by atoms with Crippen molar-refractivity contribution in [1.82, 2.24) is 0 Å². The third kappa shape index (κ3) is 2.74. The number of amides is 1. The Labute approximate surface area is 132 Å². The summed E-state index contributed by atoms with van der Waals surface area (Å²) in [6.45, 7) is 1.12. The molecule has 108 valence electrons. The highest BCUT2D eigenvalue weighted by atomic mass is 79.9. The zero-order valence-corrected chi connectivity index (χ0v) is 13.2. The van der Waals surface area contributed by atoms with E-state index >= 15 is 0 Å². The molecule has 0 aliphatic carbocycles. The van der Waals surface area contributed by atoms with E-state index in [1.807, 2.05) is 53.4 Å². The van der Waals surface area contributed by atoms with Gasteiger partial charge in [-0.2, -0.15) is 0 Å². The van der Waals surface area contributed by atoms with Gasteiger partial charge < -0.3 is 10.6 Å². The molecular weight excluding hydrogens is 328 g/mol. The predicted octanol–water partition coefficient (Wildman–Crippen LogP) is 3.43. The molecule has 0 spiro atoms. The lowest BCUT2D eigenvalue weighted by atomic mass is 9.97. The minimum absolute atomic E-state index is 0.119.